The zero-order valence-electron chi connectivity index (χ0n) is 33.0. The summed E-state index contributed by atoms with van der Waals surface area (Å²) in [6.45, 7) is 9.55. The van der Waals surface area contributed by atoms with Crippen LogP contribution in [0.25, 0.3) is 10.9 Å². The van der Waals surface area contributed by atoms with E-state index in [1.54, 1.807) is 24.0 Å². The van der Waals surface area contributed by atoms with Gasteiger partial charge in [-0.1, -0.05) is 29.7 Å². The number of likely N-dealkylation sites (N-methyl/N-ethyl adjacent to an activating group) is 1. The molecule has 1 fully saturated rings. The van der Waals surface area contributed by atoms with Crippen LogP contribution in [0, 0.1) is 0 Å². The first kappa shape index (κ1) is 43.3. The average Bonchev–Trinajstić information content (AvgIpc) is 3.64. The number of esters is 1. The van der Waals surface area contributed by atoms with E-state index >= 15 is 0 Å². The van der Waals surface area contributed by atoms with Gasteiger partial charge in [-0.15, -0.1) is 23.1 Å². The predicted molar refractivity (Wildman–Crippen MR) is 227 cm³/mol. The first-order valence-electron chi connectivity index (χ1n) is 19.1. The van der Waals surface area contributed by atoms with Crippen LogP contribution in [0.5, 0.6) is 0 Å². The van der Waals surface area contributed by atoms with Gasteiger partial charge < -0.3 is 40.8 Å². The highest BCUT2D eigenvalue weighted by Gasteiger charge is 2.56. The number of amides is 2. The van der Waals surface area contributed by atoms with Crippen LogP contribution in [0.2, 0.25) is 5.02 Å². The number of oxime groups is 1. The number of pyridine rings is 2. The number of carbonyl (C=O) groups is 4. The topological polar surface area (TPSA) is 206 Å². The van der Waals surface area contributed by atoms with E-state index < -0.39 is 46.8 Å². The number of hydrogen-bond acceptors (Lipinski definition) is 14. The third-order valence-electron chi connectivity index (χ3n) is 9.87. The number of nitrogens with one attached hydrogen (secondary N) is 2. The molecule has 19 heteroatoms. The summed E-state index contributed by atoms with van der Waals surface area (Å²) in [6, 6.07) is 11.1. The van der Waals surface area contributed by atoms with E-state index in [1.807, 2.05) is 54.0 Å². The van der Waals surface area contributed by atoms with Gasteiger partial charge in [0.05, 0.1) is 5.52 Å². The van der Waals surface area contributed by atoms with Gasteiger partial charge in [-0.2, -0.15) is 0 Å². The molecular formula is C40H47ClN9O7S2+. The second-order valence-electron chi connectivity index (χ2n) is 14.6. The molecule has 0 radical (unpaired) electrons. The number of nitrogens with zero attached hydrogens (tertiary/aromatic N) is 6. The van der Waals surface area contributed by atoms with Gasteiger partial charge in [-0.05, 0) is 76.4 Å². The highest BCUT2D eigenvalue weighted by Crippen LogP contribution is 2.40. The highest BCUT2D eigenvalue weighted by atomic mass is 35.5. The number of carbonyl (C=O) groups excluding carboxylic acids is 3. The molecule has 312 valence electrons. The Morgan fingerprint density at radius 1 is 1.19 bits per heavy atom. The number of carboxylic acid groups (broad SMARTS) is 1. The van der Waals surface area contributed by atoms with Crippen LogP contribution >= 0.6 is 34.7 Å². The number of thioether (sulfide) groups is 1. The molecule has 0 saturated carbocycles. The van der Waals surface area contributed by atoms with Crippen molar-refractivity contribution >= 4 is 85.9 Å². The lowest BCUT2D eigenvalue weighted by Gasteiger charge is -2.51. The summed E-state index contributed by atoms with van der Waals surface area (Å²) >= 11 is 8.45. The second-order valence-corrected chi connectivity index (χ2v) is 16.9. The number of aromatic nitrogens is 3. The summed E-state index contributed by atoms with van der Waals surface area (Å²) in [7, 11) is 0. The summed E-state index contributed by atoms with van der Waals surface area (Å²) in [4.78, 5) is 70.4. The van der Waals surface area contributed by atoms with Crippen molar-refractivity contribution in [3.8, 4) is 0 Å². The molecule has 2 amide bonds. The van der Waals surface area contributed by atoms with Crippen LogP contribution in [0.1, 0.15) is 46.2 Å². The second kappa shape index (κ2) is 19.2. The van der Waals surface area contributed by atoms with Gasteiger partial charge in [-0.3, -0.25) is 14.6 Å². The lowest BCUT2D eigenvalue weighted by Crippen LogP contribution is -2.74. The van der Waals surface area contributed by atoms with Gasteiger partial charge in [0.2, 0.25) is 11.5 Å². The summed E-state index contributed by atoms with van der Waals surface area (Å²) in [5.74, 6) is -3.26. The maximum Gasteiger partial charge on any atom is 0.352 e. The van der Waals surface area contributed by atoms with Crippen molar-refractivity contribution in [2.75, 3.05) is 37.3 Å². The Morgan fingerprint density at radius 3 is 2.68 bits per heavy atom. The number of hydrogen-bond donors (Lipinski definition) is 4. The summed E-state index contributed by atoms with van der Waals surface area (Å²) < 4.78 is 7.41. The van der Waals surface area contributed by atoms with Gasteiger partial charge in [0.1, 0.15) is 23.7 Å². The largest absolute Gasteiger partial charge is 0.479 e. The molecule has 1 saturated heterocycles. The lowest BCUT2D eigenvalue weighted by molar-refractivity contribution is -0.689. The fourth-order valence-corrected chi connectivity index (χ4v) is 8.60. The molecule has 0 bridgehead atoms. The number of carboxylic acids is 1. The maximum atomic E-state index is 13.7. The molecule has 2 unspecified atom stereocenters. The molecule has 2 aliphatic heterocycles. The third kappa shape index (κ3) is 10.5. The number of ether oxygens (including phenoxy) is 1. The number of rotatable bonds is 19. The van der Waals surface area contributed by atoms with Crippen LogP contribution in [0.4, 0.5) is 10.8 Å². The van der Waals surface area contributed by atoms with Crippen molar-refractivity contribution in [1.82, 2.24) is 25.1 Å². The Kier molecular flexibility index (Phi) is 14.1. The van der Waals surface area contributed by atoms with Crippen molar-refractivity contribution < 1.29 is 38.4 Å². The Hall–Kier alpha value is -5.30. The number of fused-ring (bicyclic) bond motifs is 2. The Morgan fingerprint density at radius 2 is 1.97 bits per heavy atom. The van der Waals surface area contributed by atoms with E-state index in [-0.39, 0.29) is 35.7 Å². The van der Waals surface area contributed by atoms with Crippen LogP contribution < -0.4 is 20.9 Å². The van der Waals surface area contributed by atoms with Crippen molar-refractivity contribution in [3.05, 3.63) is 88.1 Å². The van der Waals surface area contributed by atoms with Crippen LogP contribution in [-0.2, 0) is 35.3 Å². The molecule has 6 rings (SSSR count). The number of benzene rings is 1. The Bertz CT molecular complexity index is 2240. The molecule has 16 nitrogen and oxygen atoms in total. The first-order valence-corrected chi connectivity index (χ1v) is 21.3. The minimum atomic E-state index is -1.61. The first-order chi connectivity index (χ1) is 28.2. The van der Waals surface area contributed by atoms with E-state index in [0.717, 1.165) is 53.9 Å². The zero-order valence-corrected chi connectivity index (χ0v) is 35.4. The van der Waals surface area contributed by atoms with Gasteiger partial charge in [0.15, 0.2) is 35.8 Å². The molecule has 0 spiro atoms. The van der Waals surface area contributed by atoms with Crippen molar-refractivity contribution in [2.45, 2.75) is 76.2 Å². The van der Waals surface area contributed by atoms with E-state index in [4.69, 9.17) is 26.9 Å². The molecule has 2 aliphatic rings. The molecular weight excluding hydrogens is 818 g/mol. The molecule has 4 aromatic rings. The number of halogens is 1. The minimum absolute atomic E-state index is 0.0710. The minimum Gasteiger partial charge on any atom is -0.479 e. The van der Waals surface area contributed by atoms with E-state index in [2.05, 4.69) is 37.6 Å². The Labute approximate surface area is 354 Å². The van der Waals surface area contributed by atoms with E-state index in [0.29, 0.717) is 17.1 Å². The fraction of sp³-hybridized carbons (Fsp3) is 0.400. The monoisotopic (exact) mass is 864 g/mol. The molecule has 0 aliphatic carbocycles. The predicted octanol–water partition coefficient (Wildman–Crippen LogP) is 4.30. The average molecular weight is 865 g/mol. The van der Waals surface area contributed by atoms with Crippen LogP contribution in [0.15, 0.2) is 82.6 Å². The van der Waals surface area contributed by atoms with Crippen LogP contribution in [-0.4, -0.2) is 110 Å². The summed E-state index contributed by atoms with van der Waals surface area (Å²) in [5.41, 5.74) is 6.36. The standard InChI is InChI=1S/C40H46ClN9O7S2/c1-5-48(17-9-10-24(2)44-28-13-14-43-29-20-26(41)11-12-27(28)29)18-19-56-38(55)40(3,4)57-47-31(30-23-59-39(42)45-30)34(51)46-32-35(52)50-33(37(53)54)25(22-58-36(32)50)21-49-15-7-6-8-16-49/h6-8,11-16,20,22-24,32-33,36H,5,9-10,17-19,21H2,1-4H3,(H4-,42,43,44,45,46,51,53,54)/p+1/b47-31-/t24?,32-,33?,36-/m1/s1. The molecule has 1 aromatic carbocycles. The lowest BCUT2D eigenvalue weighted by atomic mass is 9.97. The number of anilines is 2. The number of nitrogen functional groups attached to an aromatic ring is 1. The number of β-lactam (4-membered cyclic amide) rings is 1. The summed E-state index contributed by atoms with van der Waals surface area (Å²) in [5, 5.41) is 24.7. The van der Waals surface area contributed by atoms with Gasteiger partial charge >= 0.3 is 11.9 Å². The van der Waals surface area contributed by atoms with Crippen molar-refractivity contribution in [2.24, 2.45) is 5.16 Å². The molecule has 59 heavy (non-hydrogen) atoms. The molecule has 5 N–H and O–H groups in total. The summed E-state index contributed by atoms with van der Waals surface area (Å²) in [6.07, 6.45) is 7.20. The quantitative estimate of drug-likeness (QED) is 0.0342. The maximum absolute atomic E-state index is 13.7. The Balaban J connectivity index is 1.01. The van der Waals surface area contributed by atoms with Gasteiger partial charge in [-0.25, -0.2) is 19.1 Å². The number of thiazole rings is 1. The molecule has 5 heterocycles. The highest BCUT2D eigenvalue weighted by molar-refractivity contribution is 8.03. The van der Waals surface area contributed by atoms with E-state index in [1.165, 1.54) is 35.9 Å². The SMILES string of the molecule is CCN(CCCC(C)Nc1ccnc2cc(Cl)ccc12)CCOC(=O)C(C)(C)O/N=C(\C(=O)N[C@@H]1C(=O)N2C(C(=O)O)C(C[n+]3ccccc3)=CS[C@H]12)c1csc(N)n1. The smallest absolute Gasteiger partial charge is 0.352 e. The molecule has 3 aromatic heterocycles. The van der Waals surface area contributed by atoms with Crippen LogP contribution in [0.3, 0.4) is 0 Å². The van der Waals surface area contributed by atoms with Crippen molar-refractivity contribution in [3.63, 3.8) is 0 Å². The number of aliphatic carboxylic acids is 1. The zero-order chi connectivity index (χ0) is 42.3. The third-order valence-corrected chi connectivity index (χ3v) is 12.0. The number of nitrogens with two attached hydrogens (primary N) is 1. The van der Waals surface area contributed by atoms with Crippen molar-refractivity contribution in [1.29, 1.82) is 0 Å². The van der Waals surface area contributed by atoms with Gasteiger partial charge in [0, 0.05) is 58.0 Å². The molecule has 4 atom stereocenters. The normalized spacial score (nSPS) is 18.4. The van der Waals surface area contributed by atoms with Gasteiger partial charge in [0.25, 0.3) is 5.91 Å². The van der Waals surface area contributed by atoms with E-state index in [9.17, 15) is 24.3 Å². The fourth-order valence-electron chi connectivity index (χ4n) is 6.67.